The molecule has 1 aromatic rings. The van der Waals surface area contributed by atoms with Gasteiger partial charge in [0.1, 0.15) is 5.82 Å². The number of halogens is 2. The molecule has 0 amide bonds. The Morgan fingerprint density at radius 3 is 2.64 bits per heavy atom. The Kier molecular flexibility index (Phi) is 2.50. The molecule has 11 heavy (non-hydrogen) atoms. The molecular weight excluding hydrogens is 163 g/mol. The van der Waals surface area contributed by atoms with Crippen LogP contribution in [0.4, 0.5) is 4.39 Å². The van der Waals surface area contributed by atoms with E-state index in [1.54, 1.807) is 6.07 Å². The summed E-state index contributed by atoms with van der Waals surface area (Å²) < 4.78 is 12.5. The van der Waals surface area contributed by atoms with Crippen molar-refractivity contribution in [2.45, 2.75) is 19.8 Å². The van der Waals surface area contributed by atoms with Gasteiger partial charge in [-0.05, 0) is 23.6 Å². The van der Waals surface area contributed by atoms with Gasteiger partial charge in [0.05, 0.1) is 0 Å². The van der Waals surface area contributed by atoms with Gasteiger partial charge in [-0.25, -0.2) is 4.39 Å². The average Bonchev–Trinajstić information content (AvgIpc) is 1.85. The van der Waals surface area contributed by atoms with E-state index in [9.17, 15) is 4.39 Å². The van der Waals surface area contributed by atoms with Crippen molar-refractivity contribution < 1.29 is 4.39 Å². The first kappa shape index (κ1) is 8.54. The van der Waals surface area contributed by atoms with Crippen molar-refractivity contribution in [3.63, 3.8) is 0 Å². The standard InChI is InChI=1S/C9H9ClF/c1-6(2)8-4-3-7(11)5-9(8)10/h4-6H,1-2H3. The van der Waals surface area contributed by atoms with Crippen LogP contribution in [-0.2, 0) is 0 Å². The largest absolute Gasteiger partial charge is 0.206 e. The second kappa shape index (κ2) is 3.22. The maximum Gasteiger partial charge on any atom is 0.132 e. The lowest BCUT2D eigenvalue weighted by molar-refractivity contribution is 0.624. The first-order valence-electron chi connectivity index (χ1n) is 3.48. The number of hydrogen-bond acceptors (Lipinski definition) is 0. The summed E-state index contributed by atoms with van der Waals surface area (Å²) in [7, 11) is 0. The van der Waals surface area contributed by atoms with Gasteiger partial charge in [0.2, 0.25) is 0 Å². The zero-order valence-electron chi connectivity index (χ0n) is 6.49. The third-order valence-electron chi connectivity index (χ3n) is 1.52. The molecule has 2 heteroatoms. The molecule has 0 saturated heterocycles. The molecule has 0 atom stereocenters. The van der Waals surface area contributed by atoms with Gasteiger partial charge in [-0.15, -0.1) is 0 Å². The van der Waals surface area contributed by atoms with Crippen LogP contribution < -0.4 is 0 Å². The smallest absolute Gasteiger partial charge is 0.132 e. The van der Waals surface area contributed by atoms with Gasteiger partial charge in [-0.3, -0.25) is 0 Å². The zero-order chi connectivity index (χ0) is 8.43. The summed E-state index contributed by atoms with van der Waals surface area (Å²) in [5.41, 5.74) is 0.938. The van der Waals surface area contributed by atoms with Gasteiger partial charge >= 0.3 is 0 Å². The SMILES string of the molecule is CC(C)c1c[c]c(F)cc1Cl. The van der Waals surface area contributed by atoms with E-state index in [2.05, 4.69) is 6.07 Å². The fourth-order valence-electron chi connectivity index (χ4n) is 0.894. The van der Waals surface area contributed by atoms with E-state index in [1.165, 1.54) is 6.07 Å². The van der Waals surface area contributed by atoms with Crippen LogP contribution in [0.3, 0.4) is 0 Å². The molecule has 0 aliphatic carbocycles. The van der Waals surface area contributed by atoms with E-state index >= 15 is 0 Å². The Bertz CT molecular complexity index is 256. The summed E-state index contributed by atoms with van der Waals surface area (Å²) in [6.45, 7) is 4.01. The van der Waals surface area contributed by atoms with Crippen molar-refractivity contribution in [3.05, 3.63) is 34.6 Å². The lowest BCUT2D eigenvalue weighted by atomic mass is 10.0. The fraction of sp³-hybridized carbons (Fsp3) is 0.333. The van der Waals surface area contributed by atoms with E-state index in [-0.39, 0.29) is 0 Å². The van der Waals surface area contributed by atoms with Crippen molar-refractivity contribution in [2.24, 2.45) is 0 Å². The highest BCUT2D eigenvalue weighted by Gasteiger charge is 2.04. The monoisotopic (exact) mass is 171 g/mol. The molecule has 0 spiro atoms. The Labute approximate surface area is 71.0 Å². The molecule has 0 bridgehead atoms. The first-order chi connectivity index (χ1) is 5.11. The highest BCUT2D eigenvalue weighted by molar-refractivity contribution is 6.31. The predicted molar refractivity (Wildman–Crippen MR) is 44.3 cm³/mol. The lowest BCUT2D eigenvalue weighted by Crippen LogP contribution is -1.89. The van der Waals surface area contributed by atoms with Gasteiger partial charge in [0, 0.05) is 11.1 Å². The van der Waals surface area contributed by atoms with Crippen molar-refractivity contribution in [3.8, 4) is 0 Å². The van der Waals surface area contributed by atoms with Gasteiger partial charge in [0.25, 0.3) is 0 Å². The molecular formula is C9H9ClF. The van der Waals surface area contributed by atoms with Crippen LogP contribution in [0.15, 0.2) is 12.1 Å². The minimum absolute atomic E-state index is 0.319. The lowest BCUT2D eigenvalue weighted by Gasteiger charge is -2.06. The van der Waals surface area contributed by atoms with Gasteiger partial charge in [-0.1, -0.05) is 25.4 Å². The zero-order valence-corrected chi connectivity index (χ0v) is 7.24. The van der Waals surface area contributed by atoms with Crippen LogP contribution in [0.5, 0.6) is 0 Å². The quantitative estimate of drug-likeness (QED) is 0.608. The second-order valence-corrected chi connectivity index (χ2v) is 3.15. The molecule has 0 saturated carbocycles. The summed E-state index contributed by atoms with van der Waals surface area (Å²) in [4.78, 5) is 0. The number of rotatable bonds is 1. The van der Waals surface area contributed by atoms with E-state index in [0.717, 1.165) is 5.56 Å². The molecule has 0 nitrogen and oxygen atoms in total. The van der Waals surface area contributed by atoms with Crippen LogP contribution in [0.2, 0.25) is 5.02 Å². The highest BCUT2D eigenvalue weighted by Crippen LogP contribution is 2.23. The van der Waals surface area contributed by atoms with Gasteiger partial charge in [0.15, 0.2) is 0 Å². The van der Waals surface area contributed by atoms with Crippen molar-refractivity contribution >= 4 is 11.6 Å². The van der Waals surface area contributed by atoms with E-state index in [0.29, 0.717) is 10.9 Å². The van der Waals surface area contributed by atoms with Crippen molar-refractivity contribution in [1.29, 1.82) is 0 Å². The third-order valence-corrected chi connectivity index (χ3v) is 1.84. The van der Waals surface area contributed by atoms with E-state index in [1.807, 2.05) is 13.8 Å². The maximum atomic E-state index is 12.5. The number of hydrogen-bond donors (Lipinski definition) is 0. The molecule has 0 heterocycles. The fourth-order valence-corrected chi connectivity index (χ4v) is 1.26. The van der Waals surface area contributed by atoms with E-state index < -0.39 is 5.82 Å². The Morgan fingerprint density at radius 1 is 1.55 bits per heavy atom. The van der Waals surface area contributed by atoms with Gasteiger partial charge in [-0.2, -0.15) is 0 Å². The topological polar surface area (TPSA) is 0 Å². The minimum atomic E-state index is -0.403. The minimum Gasteiger partial charge on any atom is -0.206 e. The summed E-state index contributed by atoms with van der Waals surface area (Å²) in [6, 6.07) is 5.36. The molecule has 1 rings (SSSR count). The summed E-state index contributed by atoms with van der Waals surface area (Å²) >= 11 is 5.76. The van der Waals surface area contributed by atoms with Crippen LogP contribution in [0, 0.1) is 11.9 Å². The van der Waals surface area contributed by atoms with E-state index in [4.69, 9.17) is 11.6 Å². The summed E-state index contributed by atoms with van der Waals surface area (Å²) in [5, 5.41) is 0.483. The van der Waals surface area contributed by atoms with Crippen LogP contribution in [0.1, 0.15) is 25.3 Å². The second-order valence-electron chi connectivity index (χ2n) is 2.74. The molecule has 0 unspecified atom stereocenters. The maximum absolute atomic E-state index is 12.5. The van der Waals surface area contributed by atoms with Crippen LogP contribution in [-0.4, -0.2) is 0 Å². The van der Waals surface area contributed by atoms with Gasteiger partial charge < -0.3 is 0 Å². The Balaban J connectivity index is 3.09. The predicted octanol–water partition coefficient (Wildman–Crippen LogP) is 3.40. The van der Waals surface area contributed by atoms with Crippen LogP contribution in [0.25, 0.3) is 0 Å². The summed E-state index contributed by atoms with van der Waals surface area (Å²) in [6.07, 6.45) is 0. The number of benzene rings is 1. The van der Waals surface area contributed by atoms with Crippen molar-refractivity contribution in [2.75, 3.05) is 0 Å². The molecule has 1 aromatic carbocycles. The summed E-state index contributed by atoms with van der Waals surface area (Å²) in [5.74, 6) is -0.0845. The molecule has 0 aliphatic rings. The first-order valence-corrected chi connectivity index (χ1v) is 3.85. The third kappa shape index (κ3) is 1.93. The molecule has 0 N–H and O–H groups in total. The highest BCUT2D eigenvalue weighted by atomic mass is 35.5. The molecule has 0 fully saturated rings. The Morgan fingerprint density at radius 2 is 2.18 bits per heavy atom. The molecule has 0 aliphatic heterocycles. The molecule has 1 radical (unpaired) electrons. The molecule has 0 aromatic heterocycles. The normalized spacial score (nSPS) is 10.6. The molecule has 59 valence electrons. The average molecular weight is 172 g/mol. The van der Waals surface area contributed by atoms with Crippen LogP contribution >= 0.6 is 11.6 Å². The Hall–Kier alpha value is -0.560. The van der Waals surface area contributed by atoms with Crippen molar-refractivity contribution in [1.82, 2.24) is 0 Å².